The van der Waals surface area contributed by atoms with Crippen molar-refractivity contribution in [2.24, 2.45) is 0 Å². The highest BCUT2D eigenvalue weighted by Gasteiger charge is 2.21. The molecule has 1 fully saturated rings. The maximum absolute atomic E-state index is 6.08. The molecule has 1 heterocycles. The van der Waals surface area contributed by atoms with Gasteiger partial charge in [-0.25, -0.2) is 0 Å². The van der Waals surface area contributed by atoms with Crippen LogP contribution in [0.25, 0.3) is 0 Å². The number of hydrogen-bond acceptors (Lipinski definition) is 4. The van der Waals surface area contributed by atoms with Crippen molar-refractivity contribution in [2.75, 3.05) is 26.5 Å². The number of hydrogen-bond donors (Lipinski definition) is 1. The molecule has 0 aliphatic carbocycles. The average molecular weight is 264 g/mol. The van der Waals surface area contributed by atoms with Gasteiger partial charge >= 0.3 is 0 Å². The van der Waals surface area contributed by atoms with Crippen molar-refractivity contribution < 1.29 is 9.47 Å². The van der Waals surface area contributed by atoms with E-state index in [2.05, 4.69) is 17.9 Å². The van der Waals surface area contributed by atoms with E-state index < -0.39 is 0 Å². The van der Waals surface area contributed by atoms with Gasteiger partial charge in [-0.15, -0.1) is 0 Å². The van der Waals surface area contributed by atoms with E-state index in [4.69, 9.17) is 15.2 Å². The van der Waals surface area contributed by atoms with Crippen molar-refractivity contribution >= 4 is 5.69 Å². The first-order valence-electron chi connectivity index (χ1n) is 6.90. The van der Waals surface area contributed by atoms with Crippen LogP contribution in [0, 0.1) is 0 Å². The summed E-state index contributed by atoms with van der Waals surface area (Å²) in [5, 5.41) is 0. The summed E-state index contributed by atoms with van der Waals surface area (Å²) in [4.78, 5) is 2.49. The summed E-state index contributed by atoms with van der Waals surface area (Å²) in [6.07, 6.45) is 3.88. The zero-order chi connectivity index (χ0) is 13.8. The number of benzene rings is 1. The van der Waals surface area contributed by atoms with Crippen LogP contribution in [0.1, 0.15) is 31.7 Å². The second-order valence-corrected chi connectivity index (χ2v) is 5.19. The Labute approximate surface area is 115 Å². The van der Waals surface area contributed by atoms with Crippen molar-refractivity contribution in [3.63, 3.8) is 0 Å². The molecule has 0 saturated carbocycles. The Morgan fingerprint density at radius 1 is 1.26 bits per heavy atom. The Kier molecular flexibility index (Phi) is 4.53. The Morgan fingerprint density at radius 3 is 2.68 bits per heavy atom. The van der Waals surface area contributed by atoms with E-state index in [0.29, 0.717) is 17.5 Å². The molecule has 1 aromatic rings. The number of likely N-dealkylation sites (tertiary alicyclic amines) is 1. The Hall–Kier alpha value is -1.42. The number of nitrogens with zero attached hydrogens (tertiary/aromatic N) is 1. The number of methoxy groups -OCH3 is 2. The van der Waals surface area contributed by atoms with Crippen molar-refractivity contribution in [3.05, 3.63) is 17.7 Å². The first kappa shape index (κ1) is 14.0. The number of nitrogens with two attached hydrogens (primary N) is 1. The molecule has 0 amide bonds. The van der Waals surface area contributed by atoms with Gasteiger partial charge in [0.2, 0.25) is 0 Å². The molecule has 1 saturated heterocycles. The SMILES string of the molecule is COc1ccc(CN2CCCCC2C)c(OC)c1N. The molecule has 1 aliphatic heterocycles. The van der Waals surface area contributed by atoms with Crippen molar-refractivity contribution in [3.8, 4) is 11.5 Å². The zero-order valence-electron chi connectivity index (χ0n) is 12.1. The number of ether oxygens (including phenoxy) is 2. The lowest BCUT2D eigenvalue weighted by Gasteiger charge is -2.33. The molecule has 0 spiro atoms. The van der Waals surface area contributed by atoms with Gasteiger partial charge < -0.3 is 15.2 Å². The molecular formula is C15H24N2O2. The predicted octanol–water partition coefficient (Wildman–Crippen LogP) is 2.66. The highest BCUT2D eigenvalue weighted by atomic mass is 16.5. The number of anilines is 1. The summed E-state index contributed by atoms with van der Waals surface area (Å²) < 4.78 is 10.7. The summed E-state index contributed by atoms with van der Waals surface area (Å²) in [5.74, 6) is 1.42. The normalized spacial score (nSPS) is 20.3. The van der Waals surface area contributed by atoms with E-state index in [1.54, 1.807) is 14.2 Å². The van der Waals surface area contributed by atoms with Crippen LogP contribution in [-0.2, 0) is 6.54 Å². The van der Waals surface area contributed by atoms with Gasteiger partial charge in [0, 0.05) is 18.2 Å². The van der Waals surface area contributed by atoms with Gasteiger partial charge in [-0.2, -0.15) is 0 Å². The van der Waals surface area contributed by atoms with Gasteiger partial charge in [-0.05, 0) is 32.4 Å². The van der Waals surface area contributed by atoms with E-state index in [-0.39, 0.29) is 0 Å². The van der Waals surface area contributed by atoms with Gasteiger partial charge in [0.1, 0.15) is 17.2 Å². The fraction of sp³-hybridized carbons (Fsp3) is 0.600. The van der Waals surface area contributed by atoms with Crippen molar-refractivity contribution in [2.45, 2.75) is 38.8 Å². The Bertz CT molecular complexity index is 434. The minimum absolute atomic E-state index is 0.590. The van der Waals surface area contributed by atoms with Crippen LogP contribution >= 0.6 is 0 Å². The summed E-state index contributed by atoms with van der Waals surface area (Å²) in [5.41, 5.74) is 7.80. The molecule has 4 nitrogen and oxygen atoms in total. The molecule has 1 aliphatic rings. The second-order valence-electron chi connectivity index (χ2n) is 5.19. The van der Waals surface area contributed by atoms with E-state index >= 15 is 0 Å². The number of piperidine rings is 1. The largest absolute Gasteiger partial charge is 0.494 e. The van der Waals surface area contributed by atoms with E-state index in [1.165, 1.54) is 19.3 Å². The highest BCUT2D eigenvalue weighted by Crippen LogP contribution is 2.36. The average Bonchev–Trinajstić information content (AvgIpc) is 2.42. The Balaban J connectivity index is 2.22. The molecule has 2 rings (SSSR count). The molecule has 0 radical (unpaired) electrons. The third-order valence-electron chi connectivity index (χ3n) is 3.98. The highest BCUT2D eigenvalue weighted by molar-refractivity contribution is 5.65. The maximum Gasteiger partial charge on any atom is 0.150 e. The lowest BCUT2D eigenvalue weighted by molar-refractivity contribution is 0.151. The maximum atomic E-state index is 6.08. The van der Waals surface area contributed by atoms with Gasteiger partial charge in [0.15, 0.2) is 0 Å². The van der Waals surface area contributed by atoms with Gasteiger partial charge in [-0.3, -0.25) is 4.90 Å². The van der Waals surface area contributed by atoms with E-state index in [0.717, 1.165) is 24.4 Å². The molecule has 4 heteroatoms. The van der Waals surface area contributed by atoms with Crippen LogP contribution in [0.3, 0.4) is 0 Å². The molecule has 0 aromatic heterocycles. The molecule has 1 unspecified atom stereocenters. The number of nitrogen functional groups attached to an aromatic ring is 1. The molecule has 0 bridgehead atoms. The van der Waals surface area contributed by atoms with Crippen LogP contribution < -0.4 is 15.2 Å². The topological polar surface area (TPSA) is 47.7 Å². The van der Waals surface area contributed by atoms with Crippen LogP contribution in [0.2, 0.25) is 0 Å². The third-order valence-corrected chi connectivity index (χ3v) is 3.98. The molecule has 1 atom stereocenters. The third kappa shape index (κ3) is 2.95. The summed E-state index contributed by atoms with van der Waals surface area (Å²) in [7, 11) is 3.28. The van der Waals surface area contributed by atoms with Crippen LogP contribution in [-0.4, -0.2) is 31.7 Å². The van der Waals surface area contributed by atoms with Crippen LogP contribution in [0.5, 0.6) is 11.5 Å². The van der Waals surface area contributed by atoms with Crippen LogP contribution in [0.15, 0.2) is 12.1 Å². The Morgan fingerprint density at radius 2 is 2.05 bits per heavy atom. The van der Waals surface area contributed by atoms with Gasteiger partial charge in [0.05, 0.1) is 14.2 Å². The van der Waals surface area contributed by atoms with E-state index in [1.807, 2.05) is 6.07 Å². The van der Waals surface area contributed by atoms with Crippen LogP contribution in [0.4, 0.5) is 5.69 Å². The quantitative estimate of drug-likeness (QED) is 0.849. The standard InChI is InChI=1S/C15H24N2O2/c1-11-6-4-5-9-17(11)10-12-7-8-13(18-2)14(16)15(12)19-3/h7-8,11H,4-6,9-10,16H2,1-3H3. The first-order chi connectivity index (χ1) is 9.17. The lowest BCUT2D eigenvalue weighted by Crippen LogP contribution is -2.36. The molecular weight excluding hydrogens is 240 g/mol. The summed E-state index contributed by atoms with van der Waals surface area (Å²) >= 11 is 0. The lowest BCUT2D eigenvalue weighted by atomic mass is 10.0. The second kappa shape index (κ2) is 6.15. The van der Waals surface area contributed by atoms with Gasteiger partial charge in [-0.1, -0.05) is 12.5 Å². The summed E-state index contributed by atoms with van der Waals surface area (Å²) in [6, 6.07) is 4.60. The minimum Gasteiger partial charge on any atom is -0.494 e. The molecule has 2 N–H and O–H groups in total. The van der Waals surface area contributed by atoms with Crippen molar-refractivity contribution in [1.82, 2.24) is 4.90 Å². The van der Waals surface area contributed by atoms with E-state index in [9.17, 15) is 0 Å². The fourth-order valence-electron chi connectivity index (χ4n) is 2.78. The minimum atomic E-state index is 0.590. The summed E-state index contributed by atoms with van der Waals surface area (Å²) in [6.45, 7) is 4.33. The van der Waals surface area contributed by atoms with Crippen molar-refractivity contribution in [1.29, 1.82) is 0 Å². The smallest absolute Gasteiger partial charge is 0.150 e. The molecule has 106 valence electrons. The predicted molar refractivity (Wildman–Crippen MR) is 77.7 cm³/mol. The molecule has 1 aromatic carbocycles. The fourth-order valence-corrected chi connectivity index (χ4v) is 2.78. The number of rotatable bonds is 4. The monoisotopic (exact) mass is 264 g/mol. The van der Waals surface area contributed by atoms with Gasteiger partial charge in [0.25, 0.3) is 0 Å². The molecule has 19 heavy (non-hydrogen) atoms. The zero-order valence-corrected chi connectivity index (χ0v) is 12.1. The first-order valence-corrected chi connectivity index (χ1v) is 6.90.